The molecule has 0 amide bonds. The molecule has 0 saturated heterocycles. The van der Waals surface area contributed by atoms with Crippen LogP contribution >= 0.6 is 11.6 Å². The van der Waals surface area contributed by atoms with Gasteiger partial charge in [0.2, 0.25) is 0 Å². The van der Waals surface area contributed by atoms with Gasteiger partial charge in [-0.1, -0.05) is 17.7 Å². The summed E-state index contributed by atoms with van der Waals surface area (Å²) in [5.41, 5.74) is 9.29. The first-order valence-electron chi connectivity index (χ1n) is 6.06. The van der Waals surface area contributed by atoms with Gasteiger partial charge in [0.25, 0.3) is 0 Å². The molecule has 0 unspecified atom stereocenters. The van der Waals surface area contributed by atoms with Gasteiger partial charge in [0.1, 0.15) is 0 Å². The van der Waals surface area contributed by atoms with Gasteiger partial charge in [0.05, 0.1) is 5.69 Å². The Morgan fingerprint density at radius 1 is 1.15 bits per heavy atom. The molecule has 2 N–H and O–H groups in total. The monoisotopic (exact) mass is 285 g/mol. The van der Waals surface area contributed by atoms with E-state index in [1.54, 1.807) is 4.68 Å². The molecule has 0 aliphatic rings. The van der Waals surface area contributed by atoms with Crippen LogP contribution in [0.25, 0.3) is 17.1 Å². The molecule has 3 aromatic rings. The summed E-state index contributed by atoms with van der Waals surface area (Å²) in [4.78, 5) is 0. The van der Waals surface area contributed by atoms with Gasteiger partial charge in [-0.25, -0.2) is 0 Å². The number of hydrogen-bond acceptors (Lipinski definition) is 4. The first-order chi connectivity index (χ1) is 9.65. The minimum atomic E-state index is 0.637. The third kappa shape index (κ3) is 2.23. The lowest BCUT2D eigenvalue weighted by Crippen LogP contribution is -2.00. The second-order valence-electron chi connectivity index (χ2n) is 4.47. The molecule has 100 valence electrons. The number of aromatic nitrogens is 4. The van der Waals surface area contributed by atoms with E-state index in [0.717, 1.165) is 22.5 Å². The van der Waals surface area contributed by atoms with Gasteiger partial charge in [-0.05, 0) is 59.3 Å². The predicted molar refractivity (Wildman–Crippen MR) is 78.7 cm³/mol. The number of halogens is 1. The van der Waals surface area contributed by atoms with Crippen LogP contribution in [0.4, 0.5) is 5.69 Å². The lowest BCUT2D eigenvalue weighted by atomic mass is 10.1. The lowest BCUT2D eigenvalue weighted by Gasteiger charge is -2.06. The van der Waals surface area contributed by atoms with Crippen molar-refractivity contribution >= 4 is 17.3 Å². The van der Waals surface area contributed by atoms with Crippen LogP contribution in [0, 0.1) is 6.92 Å². The zero-order valence-electron chi connectivity index (χ0n) is 10.8. The average molecular weight is 286 g/mol. The largest absolute Gasteiger partial charge is 0.399 e. The number of aryl methyl sites for hydroxylation is 1. The summed E-state index contributed by atoms with van der Waals surface area (Å²) in [5, 5.41) is 12.5. The van der Waals surface area contributed by atoms with Gasteiger partial charge < -0.3 is 5.73 Å². The Labute approximate surface area is 121 Å². The maximum atomic E-state index is 6.01. The fourth-order valence-electron chi connectivity index (χ4n) is 1.96. The molecule has 5 nitrogen and oxygen atoms in total. The highest BCUT2D eigenvalue weighted by Crippen LogP contribution is 2.24. The molecule has 1 heterocycles. The Hall–Kier alpha value is -2.40. The van der Waals surface area contributed by atoms with E-state index in [9.17, 15) is 0 Å². The first kappa shape index (κ1) is 12.6. The van der Waals surface area contributed by atoms with Gasteiger partial charge >= 0.3 is 0 Å². The highest BCUT2D eigenvalue weighted by atomic mass is 35.5. The molecule has 0 spiro atoms. The third-order valence-corrected chi connectivity index (χ3v) is 3.29. The molecule has 0 saturated carbocycles. The molecule has 0 radical (unpaired) electrons. The summed E-state index contributed by atoms with van der Waals surface area (Å²) in [5.74, 6) is 0.648. The molecule has 3 rings (SSSR count). The van der Waals surface area contributed by atoms with Crippen LogP contribution in [-0.4, -0.2) is 20.2 Å². The van der Waals surface area contributed by atoms with E-state index in [0.29, 0.717) is 10.8 Å². The summed E-state index contributed by atoms with van der Waals surface area (Å²) in [6, 6.07) is 13.1. The van der Waals surface area contributed by atoms with Crippen LogP contribution < -0.4 is 5.73 Å². The Morgan fingerprint density at radius 3 is 2.75 bits per heavy atom. The van der Waals surface area contributed by atoms with Crippen molar-refractivity contribution in [3.05, 3.63) is 53.1 Å². The standard InChI is InChI=1S/C14H12ClN5/c1-9-7-10(5-6-13(9)16)14-17-18-19-20(14)12-4-2-3-11(15)8-12/h2-8H,16H2,1H3. The molecule has 0 aliphatic heterocycles. The molecule has 0 bridgehead atoms. The molecule has 1 aromatic heterocycles. The van der Waals surface area contributed by atoms with Crippen LogP contribution in [0.5, 0.6) is 0 Å². The number of benzene rings is 2. The minimum Gasteiger partial charge on any atom is -0.399 e. The van der Waals surface area contributed by atoms with E-state index in [-0.39, 0.29) is 0 Å². The van der Waals surface area contributed by atoms with Crippen LogP contribution in [0.15, 0.2) is 42.5 Å². The fourth-order valence-corrected chi connectivity index (χ4v) is 2.15. The minimum absolute atomic E-state index is 0.637. The zero-order valence-corrected chi connectivity index (χ0v) is 11.5. The first-order valence-corrected chi connectivity index (χ1v) is 6.44. The quantitative estimate of drug-likeness (QED) is 0.735. The second kappa shape index (κ2) is 4.94. The van der Waals surface area contributed by atoms with Crippen molar-refractivity contribution < 1.29 is 0 Å². The maximum Gasteiger partial charge on any atom is 0.187 e. The number of hydrogen-bond donors (Lipinski definition) is 1. The van der Waals surface area contributed by atoms with E-state index < -0.39 is 0 Å². The van der Waals surface area contributed by atoms with Gasteiger partial charge in [-0.2, -0.15) is 4.68 Å². The molecule has 2 aromatic carbocycles. The Bertz CT molecular complexity index is 766. The smallest absolute Gasteiger partial charge is 0.187 e. The molecular formula is C14H12ClN5. The van der Waals surface area contributed by atoms with E-state index in [1.165, 1.54) is 0 Å². The summed E-state index contributed by atoms with van der Waals surface area (Å²) < 4.78 is 1.65. The van der Waals surface area contributed by atoms with E-state index in [4.69, 9.17) is 17.3 Å². The zero-order chi connectivity index (χ0) is 14.1. The molecular weight excluding hydrogens is 274 g/mol. The molecule has 0 atom stereocenters. The highest BCUT2D eigenvalue weighted by molar-refractivity contribution is 6.30. The second-order valence-corrected chi connectivity index (χ2v) is 4.90. The number of tetrazole rings is 1. The van der Waals surface area contributed by atoms with Gasteiger partial charge in [0.15, 0.2) is 5.82 Å². The fraction of sp³-hybridized carbons (Fsp3) is 0.0714. The van der Waals surface area contributed by atoms with Gasteiger partial charge in [-0.3, -0.25) is 0 Å². The number of nitrogens with two attached hydrogens (primary N) is 1. The lowest BCUT2D eigenvalue weighted by molar-refractivity contribution is 0.791. The number of anilines is 1. The van der Waals surface area contributed by atoms with E-state index >= 15 is 0 Å². The Kier molecular flexibility index (Phi) is 3.12. The van der Waals surface area contributed by atoms with Crippen molar-refractivity contribution in [1.29, 1.82) is 0 Å². The van der Waals surface area contributed by atoms with Crippen molar-refractivity contribution in [1.82, 2.24) is 20.2 Å². The van der Waals surface area contributed by atoms with Crippen molar-refractivity contribution in [2.75, 3.05) is 5.73 Å². The summed E-state index contributed by atoms with van der Waals surface area (Å²) in [6.07, 6.45) is 0. The highest BCUT2D eigenvalue weighted by Gasteiger charge is 2.11. The van der Waals surface area contributed by atoms with Crippen LogP contribution in [0.2, 0.25) is 5.02 Å². The Morgan fingerprint density at radius 2 is 2.00 bits per heavy atom. The van der Waals surface area contributed by atoms with Crippen LogP contribution in [-0.2, 0) is 0 Å². The summed E-state index contributed by atoms with van der Waals surface area (Å²) >= 11 is 6.01. The van der Waals surface area contributed by atoms with E-state index in [2.05, 4.69) is 15.5 Å². The Balaban J connectivity index is 2.12. The van der Waals surface area contributed by atoms with Crippen molar-refractivity contribution in [3.63, 3.8) is 0 Å². The van der Waals surface area contributed by atoms with Gasteiger partial charge in [-0.15, -0.1) is 5.10 Å². The van der Waals surface area contributed by atoms with Crippen molar-refractivity contribution in [3.8, 4) is 17.1 Å². The third-order valence-electron chi connectivity index (χ3n) is 3.05. The summed E-state index contributed by atoms with van der Waals surface area (Å²) in [6.45, 7) is 1.95. The van der Waals surface area contributed by atoms with E-state index in [1.807, 2.05) is 49.4 Å². The average Bonchev–Trinajstić information content (AvgIpc) is 2.91. The predicted octanol–water partition coefficient (Wildman–Crippen LogP) is 2.87. The molecule has 0 aliphatic carbocycles. The normalized spacial score (nSPS) is 10.7. The molecule has 6 heteroatoms. The van der Waals surface area contributed by atoms with Gasteiger partial charge in [0, 0.05) is 16.3 Å². The number of nitrogens with zero attached hydrogens (tertiary/aromatic N) is 4. The van der Waals surface area contributed by atoms with Crippen molar-refractivity contribution in [2.24, 2.45) is 0 Å². The maximum absolute atomic E-state index is 6.01. The topological polar surface area (TPSA) is 69.6 Å². The summed E-state index contributed by atoms with van der Waals surface area (Å²) in [7, 11) is 0. The molecule has 0 fully saturated rings. The number of rotatable bonds is 2. The van der Waals surface area contributed by atoms with Crippen LogP contribution in [0.1, 0.15) is 5.56 Å². The van der Waals surface area contributed by atoms with Crippen LogP contribution in [0.3, 0.4) is 0 Å². The number of nitrogen functional groups attached to an aromatic ring is 1. The molecule has 20 heavy (non-hydrogen) atoms. The SMILES string of the molecule is Cc1cc(-c2nnnn2-c2cccc(Cl)c2)ccc1N. The van der Waals surface area contributed by atoms with Crippen molar-refractivity contribution in [2.45, 2.75) is 6.92 Å².